The van der Waals surface area contributed by atoms with Crippen molar-refractivity contribution in [1.29, 1.82) is 0 Å². The maximum Gasteiger partial charge on any atom is 0.306 e. The van der Waals surface area contributed by atoms with Crippen LogP contribution in [-0.2, 0) is 28.6 Å². The van der Waals surface area contributed by atoms with Crippen molar-refractivity contribution < 1.29 is 28.6 Å². The highest BCUT2D eigenvalue weighted by atomic mass is 16.6. The lowest BCUT2D eigenvalue weighted by Gasteiger charge is -2.18. The molecular formula is C55H106O6. The summed E-state index contributed by atoms with van der Waals surface area (Å²) in [5.74, 6) is -0.0455. The van der Waals surface area contributed by atoms with Gasteiger partial charge in [-0.05, 0) is 25.2 Å². The number of carbonyl (C=O) groups excluding carboxylic acids is 3. The van der Waals surface area contributed by atoms with Crippen LogP contribution >= 0.6 is 0 Å². The van der Waals surface area contributed by atoms with Crippen molar-refractivity contribution in [3.63, 3.8) is 0 Å². The monoisotopic (exact) mass is 863 g/mol. The summed E-state index contributed by atoms with van der Waals surface area (Å²) in [6, 6.07) is 0. The van der Waals surface area contributed by atoms with Gasteiger partial charge in [-0.15, -0.1) is 0 Å². The van der Waals surface area contributed by atoms with E-state index in [4.69, 9.17) is 14.2 Å². The van der Waals surface area contributed by atoms with Crippen LogP contribution in [0.1, 0.15) is 310 Å². The molecule has 0 aromatic rings. The first kappa shape index (κ1) is 59.4. The molecule has 0 aliphatic rings. The minimum atomic E-state index is -0.761. The van der Waals surface area contributed by atoms with Crippen LogP contribution in [0.5, 0.6) is 0 Å². The van der Waals surface area contributed by atoms with Gasteiger partial charge >= 0.3 is 17.9 Å². The number of rotatable bonds is 50. The molecule has 362 valence electrons. The lowest BCUT2D eigenvalue weighted by atomic mass is 10.0. The van der Waals surface area contributed by atoms with Gasteiger partial charge in [0.2, 0.25) is 0 Å². The average molecular weight is 863 g/mol. The lowest BCUT2D eigenvalue weighted by molar-refractivity contribution is -0.167. The number of hydrogen-bond acceptors (Lipinski definition) is 6. The van der Waals surface area contributed by atoms with E-state index in [2.05, 4.69) is 27.7 Å². The summed E-state index contributed by atoms with van der Waals surface area (Å²) in [6.45, 7) is 9.01. The van der Waals surface area contributed by atoms with E-state index in [1.165, 1.54) is 205 Å². The first-order chi connectivity index (χ1) is 29.9. The molecule has 6 nitrogen and oxygen atoms in total. The third kappa shape index (κ3) is 49.3. The molecule has 0 rings (SSSR count). The Labute approximate surface area is 380 Å². The van der Waals surface area contributed by atoms with Crippen molar-refractivity contribution in [3.8, 4) is 0 Å². The van der Waals surface area contributed by atoms with Crippen LogP contribution in [-0.4, -0.2) is 37.2 Å². The summed E-state index contributed by atoms with van der Waals surface area (Å²) in [4.78, 5) is 38.0. The molecule has 0 heterocycles. The van der Waals surface area contributed by atoms with Gasteiger partial charge in [-0.1, -0.05) is 272 Å². The quantitative estimate of drug-likeness (QED) is 0.0344. The van der Waals surface area contributed by atoms with Crippen molar-refractivity contribution in [2.75, 3.05) is 13.2 Å². The summed E-state index contributed by atoms with van der Waals surface area (Å²) >= 11 is 0. The van der Waals surface area contributed by atoms with Gasteiger partial charge in [0.05, 0.1) is 0 Å². The zero-order valence-corrected chi connectivity index (χ0v) is 41.6. The number of hydrogen-bond donors (Lipinski definition) is 0. The van der Waals surface area contributed by atoms with Gasteiger partial charge in [-0.2, -0.15) is 0 Å². The number of unbranched alkanes of at least 4 members (excludes halogenated alkanes) is 37. The van der Waals surface area contributed by atoms with Crippen LogP contribution < -0.4 is 0 Å². The van der Waals surface area contributed by atoms with E-state index in [-0.39, 0.29) is 31.1 Å². The Morgan fingerprint density at radius 2 is 0.541 bits per heavy atom. The molecule has 0 spiro atoms. The highest BCUT2D eigenvalue weighted by Gasteiger charge is 2.19. The van der Waals surface area contributed by atoms with Crippen molar-refractivity contribution in [2.24, 2.45) is 5.92 Å². The molecular weight excluding hydrogens is 757 g/mol. The fraction of sp³-hybridized carbons (Fsp3) is 0.945. The Bertz CT molecular complexity index is 918. The van der Waals surface area contributed by atoms with Crippen LogP contribution in [0.3, 0.4) is 0 Å². The minimum absolute atomic E-state index is 0.0627. The molecule has 0 aliphatic carbocycles. The predicted octanol–water partition coefficient (Wildman–Crippen LogP) is 17.8. The molecule has 0 aliphatic heterocycles. The number of esters is 3. The van der Waals surface area contributed by atoms with Gasteiger partial charge in [0.15, 0.2) is 6.10 Å². The molecule has 0 unspecified atom stereocenters. The highest BCUT2D eigenvalue weighted by molar-refractivity contribution is 5.71. The normalized spacial score (nSPS) is 12.0. The van der Waals surface area contributed by atoms with Crippen LogP contribution in [0.2, 0.25) is 0 Å². The van der Waals surface area contributed by atoms with E-state index in [9.17, 15) is 14.4 Å². The molecule has 0 N–H and O–H groups in total. The zero-order chi connectivity index (χ0) is 44.5. The molecule has 0 amide bonds. The van der Waals surface area contributed by atoms with E-state index in [0.717, 1.165) is 63.7 Å². The molecule has 6 heteroatoms. The number of ether oxygens (including phenoxy) is 3. The Balaban J connectivity index is 4.27. The Morgan fingerprint density at radius 1 is 0.311 bits per heavy atom. The van der Waals surface area contributed by atoms with Gasteiger partial charge in [-0.3, -0.25) is 14.4 Å². The molecule has 0 fully saturated rings. The molecule has 0 bridgehead atoms. The van der Waals surface area contributed by atoms with Gasteiger partial charge < -0.3 is 14.2 Å². The highest BCUT2D eigenvalue weighted by Crippen LogP contribution is 2.17. The maximum atomic E-state index is 12.8. The largest absolute Gasteiger partial charge is 0.462 e. The van der Waals surface area contributed by atoms with Crippen LogP contribution in [0, 0.1) is 5.92 Å². The van der Waals surface area contributed by atoms with E-state index in [1.807, 2.05) is 0 Å². The van der Waals surface area contributed by atoms with Crippen LogP contribution in [0.15, 0.2) is 0 Å². The molecule has 0 radical (unpaired) electrons. The second-order valence-corrected chi connectivity index (χ2v) is 19.3. The van der Waals surface area contributed by atoms with Gasteiger partial charge in [0.1, 0.15) is 13.2 Å². The molecule has 1 atom stereocenters. The summed E-state index contributed by atoms with van der Waals surface area (Å²) in [5, 5.41) is 0. The Hall–Kier alpha value is -1.59. The summed E-state index contributed by atoms with van der Waals surface area (Å²) in [6.07, 6.45) is 52.4. The van der Waals surface area contributed by atoms with Crippen molar-refractivity contribution in [3.05, 3.63) is 0 Å². The smallest absolute Gasteiger partial charge is 0.306 e. The predicted molar refractivity (Wildman–Crippen MR) is 261 cm³/mol. The standard InChI is InChI=1S/C55H106O6/c1-5-7-9-11-13-15-17-19-21-22-24-25-27-29-34-38-42-46-53(56)59-49-52(50-60-54(57)47-43-39-35-32-31-33-37-41-45-51(3)4)61-55(58)48-44-40-36-30-28-26-23-20-18-16-14-12-10-8-6-2/h51-52H,5-50H2,1-4H3/t52-/m0/s1. The van der Waals surface area contributed by atoms with Gasteiger partial charge in [0, 0.05) is 19.3 Å². The van der Waals surface area contributed by atoms with E-state index in [1.54, 1.807) is 0 Å². The third-order valence-corrected chi connectivity index (χ3v) is 12.5. The Morgan fingerprint density at radius 3 is 0.803 bits per heavy atom. The topological polar surface area (TPSA) is 78.9 Å². The van der Waals surface area contributed by atoms with E-state index >= 15 is 0 Å². The van der Waals surface area contributed by atoms with Crippen molar-refractivity contribution in [2.45, 2.75) is 316 Å². The fourth-order valence-electron chi connectivity index (χ4n) is 8.39. The third-order valence-electron chi connectivity index (χ3n) is 12.5. The van der Waals surface area contributed by atoms with E-state index < -0.39 is 6.10 Å². The van der Waals surface area contributed by atoms with E-state index in [0.29, 0.717) is 19.3 Å². The molecule has 61 heavy (non-hydrogen) atoms. The average Bonchev–Trinajstić information content (AvgIpc) is 3.24. The SMILES string of the molecule is CCCCCCCCCCCCCCCCCCCC(=O)OC[C@@H](COC(=O)CCCCCCCCCCC(C)C)OC(=O)CCCCCCCCCCCCCCCCC. The van der Waals surface area contributed by atoms with Gasteiger partial charge in [-0.25, -0.2) is 0 Å². The first-order valence-corrected chi connectivity index (χ1v) is 27.4. The molecule has 0 aromatic carbocycles. The number of carbonyl (C=O) groups is 3. The second kappa shape index (κ2) is 49.4. The summed E-state index contributed by atoms with van der Waals surface area (Å²) < 4.78 is 16.8. The minimum Gasteiger partial charge on any atom is -0.462 e. The fourth-order valence-corrected chi connectivity index (χ4v) is 8.39. The first-order valence-electron chi connectivity index (χ1n) is 27.4. The molecule has 0 aromatic heterocycles. The van der Waals surface area contributed by atoms with Crippen LogP contribution in [0.25, 0.3) is 0 Å². The maximum absolute atomic E-state index is 12.8. The summed E-state index contributed by atoms with van der Waals surface area (Å²) in [5.41, 5.74) is 0. The van der Waals surface area contributed by atoms with Gasteiger partial charge in [0.25, 0.3) is 0 Å². The molecule has 0 saturated heterocycles. The van der Waals surface area contributed by atoms with Crippen LogP contribution in [0.4, 0.5) is 0 Å². The summed E-state index contributed by atoms with van der Waals surface area (Å²) in [7, 11) is 0. The Kier molecular flexibility index (Phi) is 48.1. The zero-order valence-electron chi connectivity index (χ0n) is 41.6. The van der Waals surface area contributed by atoms with Crippen molar-refractivity contribution in [1.82, 2.24) is 0 Å². The molecule has 0 saturated carbocycles. The lowest BCUT2D eigenvalue weighted by Crippen LogP contribution is -2.30. The van der Waals surface area contributed by atoms with Crippen molar-refractivity contribution >= 4 is 17.9 Å². The second-order valence-electron chi connectivity index (χ2n) is 19.3.